The van der Waals surface area contributed by atoms with Crippen molar-refractivity contribution < 1.29 is 31.1 Å². The predicted molar refractivity (Wildman–Crippen MR) is 216 cm³/mol. The number of para-hydroxylation sites is 4. The first-order valence-corrected chi connectivity index (χ1v) is 18.2. The minimum Gasteiger partial charge on any atom is -0.383 e. The van der Waals surface area contributed by atoms with Crippen LogP contribution in [0.25, 0.3) is 33.7 Å². The van der Waals surface area contributed by atoms with E-state index in [1.165, 1.54) is 24.3 Å². The Morgan fingerprint density at radius 1 is 0.583 bits per heavy atom. The van der Waals surface area contributed by atoms with Gasteiger partial charge in [0, 0.05) is 36.5 Å². The van der Waals surface area contributed by atoms with Gasteiger partial charge in [0.15, 0.2) is 0 Å². The molecule has 0 saturated heterocycles. The number of nitrogens with zero attached hydrogens (tertiary/aromatic N) is 8. The van der Waals surface area contributed by atoms with Gasteiger partial charge in [0.25, 0.3) is 0 Å². The highest BCUT2D eigenvalue weighted by atomic mass is 19.4. The Morgan fingerprint density at radius 2 is 1.02 bits per heavy atom. The number of aromatic nitrogens is 8. The van der Waals surface area contributed by atoms with E-state index in [1.807, 2.05) is 66.9 Å². The molecule has 13 nitrogen and oxygen atoms in total. The molecule has 60 heavy (non-hydrogen) atoms. The smallest absolute Gasteiger partial charge is 0.383 e. The summed E-state index contributed by atoms with van der Waals surface area (Å²) in [5.74, 6) is 3.28. The van der Waals surface area contributed by atoms with Crippen LogP contribution in [0.1, 0.15) is 42.5 Å². The molecule has 0 amide bonds. The number of nitrogens with two attached hydrogens (primary N) is 2. The van der Waals surface area contributed by atoms with Crippen LogP contribution in [-0.2, 0) is 23.7 Å². The van der Waals surface area contributed by atoms with Crippen molar-refractivity contribution in [1.82, 2.24) is 39.0 Å². The zero-order valence-corrected chi connectivity index (χ0v) is 32.1. The van der Waals surface area contributed by atoms with E-state index >= 15 is 0 Å². The quantitative estimate of drug-likeness (QED) is 0.102. The van der Waals surface area contributed by atoms with Crippen LogP contribution in [0.15, 0.2) is 109 Å². The fraction of sp³-hybridized carbons (Fsp3) is 0.171. The van der Waals surface area contributed by atoms with Crippen molar-refractivity contribution in [3.8, 4) is 11.6 Å². The zero-order valence-electron chi connectivity index (χ0n) is 32.1. The van der Waals surface area contributed by atoms with Gasteiger partial charge in [-0.1, -0.05) is 38.1 Å². The van der Waals surface area contributed by atoms with Crippen LogP contribution < -0.4 is 22.1 Å². The summed E-state index contributed by atoms with van der Waals surface area (Å²) in [6.45, 7) is 4.31. The van der Waals surface area contributed by atoms with Crippen LogP contribution in [0.4, 0.5) is 61.2 Å². The Labute approximate surface area is 338 Å². The van der Waals surface area contributed by atoms with E-state index < -0.39 is 23.5 Å². The lowest BCUT2D eigenvalue weighted by atomic mass is 10.2. The first-order chi connectivity index (χ1) is 28.6. The first kappa shape index (κ1) is 40.9. The van der Waals surface area contributed by atoms with Gasteiger partial charge in [-0.3, -0.25) is 9.13 Å². The third-order valence-electron chi connectivity index (χ3n) is 8.87. The van der Waals surface area contributed by atoms with Gasteiger partial charge < -0.3 is 26.8 Å². The summed E-state index contributed by atoms with van der Waals surface area (Å²) in [5.41, 5.74) is 14.6. The summed E-state index contributed by atoms with van der Waals surface area (Å²) in [5, 5.41) is 5.81. The highest BCUT2D eigenvalue weighted by Crippen LogP contribution is 2.32. The lowest BCUT2D eigenvalue weighted by Crippen LogP contribution is -2.09. The number of alkyl halides is 6. The molecule has 4 aromatic carbocycles. The normalized spacial score (nSPS) is 11.8. The van der Waals surface area contributed by atoms with Crippen molar-refractivity contribution in [2.24, 2.45) is 0 Å². The van der Waals surface area contributed by atoms with Crippen LogP contribution in [0, 0.1) is 0 Å². The number of rotatable bonds is 9. The van der Waals surface area contributed by atoms with Gasteiger partial charge in [-0.2, -0.15) is 46.3 Å². The summed E-state index contributed by atoms with van der Waals surface area (Å²) in [4.78, 5) is 26.6. The van der Waals surface area contributed by atoms with Crippen molar-refractivity contribution in [3.05, 3.63) is 132 Å². The molecule has 0 unspecified atom stereocenters. The fourth-order valence-electron chi connectivity index (χ4n) is 6.22. The monoisotopic (exact) mass is 826 g/mol. The molecule has 0 aliphatic rings. The van der Waals surface area contributed by atoms with Crippen LogP contribution in [0.5, 0.6) is 0 Å². The van der Waals surface area contributed by atoms with Crippen LogP contribution >= 0.6 is 0 Å². The number of halogens is 6. The first-order valence-electron chi connectivity index (χ1n) is 18.2. The molecular formula is C41H36F6N12O. The topological polar surface area (TPSA) is 173 Å². The Balaban J connectivity index is 0.000000181. The van der Waals surface area contributed by atoms with Crippen LogP contribution in [0.3, 0.4) is 0 Å². The molecule has 6 N–H and O–H groups in total. The number of nitrogens with one attached hydrogen (secondary N) is 2. The van der Waals surface area contributed by atoms with Gasteiger partial charge in [0.05, 0.1) is 33.2 Å². The summed E-state index contributed by atoms with van der Waals surface area (Å²) in [6.07, 6.45) is -8.80. The number of ether oxygens (including phenoxy) is 1. The molecule has 0 saturated carbocycles. The van der Waals surface area contributed by atoms with Gasteiger partial charge in [-0.15, -0.1) is 0 Å². The minimum atomic E-state index is -4.40. The number of fused-ring (bicyclic) bond motifs is 2. The van der Waals surface area contributed by atoms with E-state index in [-0.39, 0.29) is 36.1 Å². The average molecular weight is 827 g/mol. The molecule has 4 aromatic heterocycles. The number of nitrogen functional groups attached to an aromatic ring is 2. The van der Waals surface area contributed by atoms with E-state index in [9.17, 15) is 26.3 Å². The lowest BCUT2D eigenvalue weighted by molar-refractivity contribution is -0.138. The van der Waals surface area contributed by atoms with E-state index in [2.05, 4.69) is 35.6 Å². The minimum absolute atomic E-state index is 0.125. The molecule has 0 aliphatic carbocycles. The molecule has 19 heteroatoms. The number of anilines is 6. The Morgan fingerprint density at radius 3 is 1.47 bits per heavy atom. The maximum absolute atomic E-state index is 12.8. The van der Waals surface area contributed by atoms with E-state index in [1.54, 1.807) is 23.8 Å². The van der Waals surface area contributed by atoms with E-state index in [0.717, 1.165) is 52.2 Å². The van der Waals surface area contributed by atoms with Crippen LogP contribution in [-0.4, -0.2) is 46.1 Å². The summed E-state index contributed by atoms with van der Waals surface area (Å²) >= 11 is 0. The van der Waals surface area contributed by atoms with Crippen molar-refractivity contribution in [3.63, 3.8) is 0 Å². The summed E-state index contributed by atoms with van der Waals surface area (Å²) in [7, 11) is 1.57. The van der Waals surface area contributed by atoms with Gasteiger partial charge in [-0.25, -0.2) is 9.97 Å². The van der Waals surface area contributed by atoms with E-state index in [0.29, 0.717) is 28.8 Å². The maximum atomic E-state index is 12.8. The number of benzene rings is 4. The third kappa shape index (κ3) is 9.05. The molecule has 0 atom stereocenters. The number of imidazole rings is 2. The van der Waals surface area contributed by atoms with Gasteiger partial charge in [-0.05, 0) is 72.8 Å². The Kier molecular flexibility index (Phi) is 11.3. The summed E-state index contributed by atoms with van der Waals surface area (Å²) in [6, 6.07) is 27.6. The SMILES string of the molecule is CC(C)c1nc2ccccc2n1-c1cc(N)nc(Nc2ccc(C(F)(F)F)cc2)n1.COCc1nc2ccccc2n1-c1cc(N)nc(Nc2ccc(C(F)(F)F)cc2)n1. The van der Waals surface area contributed by atoms with E-state index in [4.69, 9.17) is 21.2 Å². The largest absolute Gasteiger partial charge is 0.416 e. The third-order valence-corrected chi connectivity index (χ3v) is 8.87. The van der Waals surface area contributed by atoms with Crippen molar-refractivity contribution in [2.75, 3.05) is 29.2 Å². The zero-order chi connectivity index (χ0) is 42.8. The lowest BCUT2D eigenvalue weighted by Gasteiger charge is -2.13. The van der Waals surface area contributed by atoms with Gasteiger partial charge >= 0.3 is 12.4 Å². The summed E-state index contributed by atoms with van der Waals surface area (Å²) < 4.78 is 85.5. The second kappa shape index (κ2) is 16.5. The molecule has 0 aliphatic heterocycles. The fourth-order valence-corrected chi connectivity index (χ4v) is 6.22. The Hall–Kier alpha value is -7.28. The standard InChI is InChI=1S/C21H19F3N6.C20H17F3N6O/c1-12(2)19-27-15-5-3-4-6-16(15)30(19)18-11-17(25)28-20(29-18)26-14-9-7-13(8-10-14)21(22,23)24;1-30-11-18-26-14-4-2-3-5-15(14)29(18)17-10-16(24)27-19(28-17)25-13-8-6-12(7-9-13)20(21,22)23/h3-12H,1-2H3,(H3,25,26,28,29);2-10H,11H2,1H3,(H3,24,25,27,28). The molecule has 0 radical (unpaired) electrons. The highest BCUT2D eigenvalue weighted by Gasteiger charge is 2.31. The predicted octanol–water partition coefficient (Wildman–Crippen LogP) is 9.59. The molecule has 4 heterocycles. The highest BCUT2D eigenvalue weighted by molar-refractivity contribution is 5.79. The van der Waals surface area contributed by atoms with Crippen molar-refractivity contribution >= 4 is 57.0 Å². The molecule has 8 aromatic rings. The number of methoxy groups -OCH3 is 1. The molecule has 0 spiro atoms. The number of hydrogen-bond donors (Lipinski definition) is 4. The van der Waals surface area contributed by atoms with Crippen molar-refractivity contribution in [2.45, 2.75) is 38.7 Å². The van der Waals surface area contributed by atoms with Crippen molar-refractivity contribution in [1.29, 1.82) is 0 Å². The number of hydrogen-bond acceptors (Lipinski definition) is 11. The van der Waals surface area contributed by atoms with Crippen LogP contribution in [0.2, 0.25) is 0 Å². The Bertz CT molecular complexity index is 2760. The molecule has 8 rings (SSSR count). The van der Waals surface area contributed by atoms with Gasteiger partial charge in [0.1, 0.15) is 41.5 Å². The molecular weight excluding hydrogens is 791 g/mol. The molecule has 0 fully saturated rings. The maximum Gasteiger partial charge on any atom is 0.416 e. The average Bonchev–Trinajstić information content (AvgIpc) is 3.77. The second-order valence-corrected chi connectivity index (χ2v) is 13.6. The molecule has 0 bridgehead atoms. The van der Waals surface area contributed by atoms with Gasteiger partial charge in [0.2, 0.25) is 11.9 Å². The molecule has 308 valence electrons. The second-order valence-electron chi connectivity index (χ2n) is 13.6.